The van der Waals surface area contributed by atoms with Gasteiger partial charge in [-0.2, -0.15) is 0 Å². The van der Waals surface area contributed by atoms with Gasteiger partial charge in [-0.05, 0) is 12.8 Å². The molecule has 3 N–H and O–H groups in total. The molecule has 1 saturated heterocycles. The quantitative estimate of drug-likeness (QED) is 0.540. The van der Waals surface area contributed by atoms with Crippen LogP contribution in [0.25, 0.3) is 0 Å². The minimum absolute atomic E-state index is 0.0726. The van der Waals surface area contributed by atoms with E-state index in [1.807, 2.05) is 0 Å². The highest BCUT2D eigenvalue weighted by molar-refractivity contribution is 6.04. The summed E-state index contributed by atoms with van der Waals surface area (Å²) < 4.78 is 0. The molecule has 0 aromatic carbocycles. The van der Waals surface area contributed by atoms with Crippen molar-refractivity contribution in [3.05, 3.63) is 0 Å². The Hall–Kier alpha value is -1.63. The zero-order valence-electron chi connectivity index (χ0n) is 9.01. The number of likely N-dealkylation sites (N-methyl/N-ethyl adjacent to an activating group) is 1. The van der Waals surface area contributed by atoms with E-state index in [0.29, 0.717) is 6.42 Å². The lowest BCUT2D eigenvalue weighted by Crippen LogP contribution is -2.31. The molecule has 0 spiro atoms. The van der Waals surface area contributed by atoms with Gasteiger partial charge in [0.05, 0.1) is 6.54 Å². The number of aliphatic carboxylic acids is 1. The lowest BCUT2D eigenvalue weighted by molar-refractivity contribution is -0.138. The number of guanidine groups is 1. The second kappa shape index (κ2) is 5.45. The summed E-state index contributed by atoms with van der Waals surface area (Å²) >= 11 is 0. The van der Waals surface area contributed by atoms with Gasteiger partial charge in [0.15, 0.2) is 6.04 Å². The molecular formula is C9H15N3O4. The summed E-state index contributed by atoms with van der Waals surface area (Å²) in [4.78, 5) is 27.4. The van der Waals surface area contributed by atoms with Crippen LogP contribution in [0.3, 0.4) is 0 Å². The summed E-state index contributed by atoms with van der Waals surface area (Å²) in [5, 5.41) is 20.0. The van der Waals surface area contributed by atoms with Crippen LogP contribution in [0.15, 0.2) is 4.99 Å². The van der Waals surface area contributed by atoms with E-state index in [4.69, 9.17) is 10.2 Å². The standard InChI is InChI=1S/C9H15N3O4/c1-12-5-7(14)11-9(12)10-6(8(15)16)3-2-4-13/h6,13H,2-5H2,1H3,(H,15,16)(H,10,11,14). The van der Waals surface area contributed by atoms with E-state index in [1.165, 1.54) is 0 Å². The summed E-state index contributed by atoms with van der Waals surface area (Å²) in [6, 6.07) is -0.928. The van der Waals surface area contributed by atoms with Gasteiger partial charge in [0, 0.05) is 13.7 Å². The number of nitrogens with zero attached hydrogens (tertiary/aromatic N) is 2. The second-order valence-corrected chi connectivity index (χ2v) is 3.58. The number of amides is 1. The second-order valence-electron chi connectivity index (χ2n) is 3.58. The first-order chi connectivity index (χ1) is 7.54. The first-order valence-corrected chi connectivity index (χ1v) is 4.97. The van der Waals surface area contributed by atoms with Gasteiger partial charge in [-0.1, -0.05) is 0 Å². The Morgan fingerprint density at radius 1 is 1.69 bits per heavy atom. The summed E-state index contributed by atoms with van der Waals surface area (Å²) in [5.41, 5.74) is 0. The monoisotopic (exact) mass is 229 g/mol. The highest BCUT2D eigenvalue weighted by Gasteiger charge is 2.24. The smallest absolute Gasteiger partial charge is 0.328 e. The average Bonchev–Trinajstić information content (AvgIpc) is 2.51. The number of aliphatic imine (C=N–C) groups is 1. The molecule has 1 rings (SSSR count). The van der Waals surface area contributed by atoms with Crippen molar-refractivity contribution in [2.45, 2.75) is 18.9 Å². The predicted molar refractivity (Wildman–Crippen MR) is 56.0 cm³/mol. The molecule has 7 heteroatoms. The van der Waals surface area contributed by atoms with E-state index in [0.717, 1.165) is 0 Å². The Kier molecular flexibility index (Phi) is 4.24. The molecule has 0 aromatic rings. The van der Waals surface area contributed by atoms with Crippen LogP contribution in [-0.4, -0.2) is 59.2 Å². The van der Waals surface area contributed by atoms with Crippen LogP contribution in [0, 0.1) is 0 Å². The van der Waals surface area contributed by atoms with Gasteiger partial charge >= 0.3 is 5.97 Å². The summed E-state index contributed by atoms with van der Waals surface area (Å²) in [6.07, 6.45) is 0.616. The molecule has 90 valence electrons. The van der Waals surface area contributed by atoms with Crippen molar-refractivity contribution in [3.8, 4) is 0 Å². The van der Waals surface area contributed by atoms with Crippen molar-refractivity contribution in [2.24, 2.45) is 4.99 Å². The van der Waals surface area contributed by atoms with Crippen LogP contribution in [0.1, 0.15) is 12.8 Å². The topological polar surface area (TPSA) is 102 Å². The highest BCUT2D eigenvalue weighted by atomic mass is 16.4. The van der Waals surface area contributed by atoms with Crippen LogP contribution < -0.4 is 5.32 Å². The van der Waals surface area contributed by atoms with Crippen LogP contribution in [0.2, 0.25) is 0 Å². The van der Waals surface area contributed by atoms with Gasteiger partial charge < -0.3 is 15.1 Å². The molecular weight excluding hydrogens is 214 g/mol. The molecule has 0 saturated carbocycles. The van der Waals surface area contributed by atoms with Crippen molar-refractivity contribution < 1.29 is 19.8 Å². The Morgan fingerprint density at radius 2 is 2.38 bits per heavy atom. The summed E-state index contributed by atoms with van der Waals surface area (Å²) in [5.74, 6) is -0.988. The van der Waals surface area contributed by atoms with Gasteiger partial charge in [-0.15, -0.1) is 0 Å². The van der Waals surface area contributed by atoms with Gasteiger partial charge in [-0.25, -0.2) is 9.79 Å². The summed E-state index contributed by atoms with van der Waals surface area (Å²) in [6.45, 7) is 0.113. The Bertz CT molecular complexity index is 316. The molecule has 1 fully saturated rings. The molecule has 0 aliphatic carbocycles. The van der Waals surface area contributed by atoms with E-state index >= 15 is 0 Å². The van der Waals surface area contributed by atoms with Crippen molar-refractivity contribution in [2.75, 3.05) is 20.2 Å². The number of carbonyl (C=O) groups is 2. The van der Waals surface area contributed by atoms with E-state index < -0.39 is 12.0 Å². The number of carbonyl (C=O) groups excluding carboxylic acids is 1. The minimum Gasteiger partial charge on any atom is -0.480 e. The van der Waals surface area contributed by atoms with Crippen molar-refractivity contribution >= 4 is 17.8 Å². The number of hydrogen-bond donors (Lipinski definition) is 3. The number of hydrogen-bond acceptors (Lipinski definition) is 4. The first kappa shape index (κ1) is 12.4. The lowest BCUT2D eigenvalue weighted by atomic mass is 10.2. The molecule has 1 unspecified atom stereocenters. The van der Waals surface area contributed by atoms with Crippen molar-refractivity contribution in [3.63, 3.8) is 0 Å². The van der Waals surface area contributed by atoms with Crippen molar-refractivity contribution in [1.29, 1.82) is 0 Å². The van der Waals surface area contributed by atoms with Crippen LogP contribution in [0.4, 0.5) is 0 Å². The van der Waals surface area contributed by atoms with E-state index in [1.54, 1.807) is 11.9 Å². The van der Waals surface area contributed by atoms with Crippen molar-refractivity contribution in [1.82, 2.24) is 10.2 Å². The fourth-order valence-corrected chi connectivity index (χ4v) is 1.36. The molecule has 0 bridgehead atoms. The molecule has 7 nitrogen and oxygen atoms in total. The number of carboxylic acids is 1. The van der Waals surface area contributed by atoms with E-state index in [-0.39, 0.29) is 31.4 Å². The molecule has 0 radical (unpaired) electrons. The Labute approximate surface area is 92.8 Å². The largest absolute Gasteiger partial charge is 0.480 e. The van der Waals surface area contributed by atoms with Gasteiger partial charge in [0.2, 0.25) is 11.9 Å². The molecule has 1 atom stereocenters. The molecule has 1 aliphatic heterocycles. The fraction of sp³-hybridized carbons (Fsp3) is 0.667. The van der Waals surface area contributed by atoms with Gasteiger partial charge in [-0.3, -0.25) is 10.1 Å². The van der Waals surface area contributed by atoms with Crippen LogP contribution >= 0.6 is 0 Å². The zero-order valence-corrected chi connectivity index (χ0v) is 9.01. The summed E-state index contributed by atoms with van der Waals surface area (Å²) in [7, 11) is 1.65. The Morgan fingerprint density at radius 3 is 2.81 bits per heavy atom. The number of aliphatic hydroxyl groups excluding tert-OH is 1. The third-order valence-electron chi connectivity index (χ3n) is 2.19. The lowest BCUT2D eigenvalue weighted by Gasteiger charge is -2.12. The molecule has 1 heterocycles. The fourth-order valence-electron chi connectivity index (χ4n) is 1.36. The molecule has 0 aromatic heterocycles. The maximum Gasteiger partial charge on any atom is 0.328 e. The zero-order chi connectivity index (χ0) is 12.1. The number of nitrogens with one attached hydrogen (secondary N) is 1. The third kappa shape index (κ3) is 3.20. The van der Waals surface area contributed by atoms with Gasteiger partial charge in [0.25, 0.3) is 0 Å². The van der Waals surface area contributed by atoms with Gasteiger partial charge in [0.1, 0.15) is 0 Å². The van der Waals surface area contributed by atoms with Crippen LogP contribution in [-0.2, 0) is 9.59 Å². The molecule has 1 aliphatic rings. The number of carboxylic acid groups (broad SMARTS) is 1. The normalized spacial score (nSPS) is 20.0. The average molecular weight is 229 g/mol. The number of rotatable bonds is 5. The minimum atomic E-state index is -1.06. The first-order valence-electron chi connectivity index (χ1n) is 4.97. The number of aliphatic hydroxyl groups is 1. The third-order valence-corrected chi connectivity index (χ3v) is 2.19. The molecule has 1 amide bonds. The predicted octanol–water partition coefficient (Wildman–Crippen LogP) is -1.37. The Balaban J connectivity index is 2.69. The van der Waals surface area contributed by atoms with E-state index in [9.17, 15) is 9.59 Å². The maximum absolute atomic E-state index is 11.0. The SMILES string of the molecule is CN1CC(=O)NC1=NC(CCCO)C(=O)O. The molecule has 16 heavy (non-hydrogen) atoms. The highest BCUT2D eigenvalue weighted by Crippen LogP contribution is 2.05. The van der Waals surface area contributed by atoms with E-state index in [2.05, 4.69) is 10.3 Å². The van der Waals surface area contributed by atoms with Crippen LogP contribution in [0.5, 0.6) is 0 Å². The maximum atomic E-state index is 11.0.